The quantitative estimate of drug-likeness (QED) is 0.434. The van der Waals surface area contributed by atoms with Crippen LogP contribution in [0.25, 0.3) is 0 Å². The maximum atomic E-state index is 13.5. The molecule has 0 spiro atoms. The number of ether oxygens (including phenoxy) is 1. The van der Waals surface area contributed by atoms with Gasteiger partial charge in [-0.2, -0.15) is 0 Å². The lowest BCUT2D eigenvalue weighted by Crippen LogP contribution is -2.44. The highest BCUT2D eigenvalue weighted by Crippen LogP contribution is 2.49. The van der Waals surface area contributed by atoms with Crippen LogP contribution < -0.4 is 9.64 Å². The van der Waals surface area contributed by atoms with Crippen molar-refractivity contribution in [3.63, 3.8) is 0 Å². The first-order chi connectivity index (χ1) is 14.5. The van der Waals surface area contributed by atoms with E-state index in [0.717, 1.165) is 29.2 Å². The molecule has 3 aliphatic heterocycles. The summed E-state index contributed by atoms with van der Waals surface area (Å²) in [5.74, 6) is -0.488. The van der Waals surface area contributed by atoms with Crippen molar-refractivity contribution in [2.45, 2.75) is 18.5 Å². The predicted molar refractivity (Wildman–Crippen MR) is 107 cm³/mol. The van der Waals surface area contributed by atoms with E-state index in [9.17, 15) is 19.7 Å². The van der Waals surface area contributed by atoms with Gasteiger partial charge in [-0.1, -0.05) is 18.2 Å². The van der Waals surface area contributed by atoms with Crippen LogP contribution in [0.15, 0.2) is 48.5 Å². The number of anilines is 1. The largest absolute Gasteiger partial charge is 0.497 e. The minimum absolute atomic E-state index is 0.153. The van der Waals surface area contributed by atoms with E-state index in [1.807, 2.05) is 29.3 Å². The molecule has 0 aromatic heterocycles. The molecule has 9 nitrogen and oxygen atoms in total. The number of nitro benzene ring substituents is 1. The monoisotopic (exact) mass is 408 g/mol. The first-order valence-electron chi connectivity index (χ1n) is 9.80. The van der Waals surface area contributed by atoms with Crippen molar-refractivity contribution in [3.05, 3.63) is 64.2 Å². The van der Waals surface area contributed by atoms with Crippen LogP contribution >= 0.6 is 0 Å². The van der Waals surface area contributed by atoms with Crippen molar-refractivity contribution in [1.82, 2.24) is 10.0 Å². The summed E-state index contributed by atoms with van der Waals surface area (Å²) in [6.45, 7) is 1.48. The molecule has 2 aromatic rings. The van der Waals surface area contributed by atoms with Crippen molar-refractivity contribution < 1.29 is 19.2 Å². The van der Waals surface area contributed by atoms with Gasteiger partial charge in [-0.05, 0) is 30.2 Å². The van der Waals surface area contributed by atoms with Gasteiger partial charge in [-0.3, -0.25) is 19.7 Å². The second-order valence-electron chi connectivity index (χ2n) is 7.66. The van der Waals surface area contributed by atoms with E-state index in [-0.39, 0.29) is 29.2 Å². The zero-order chi connectivity index (χ0) is 21.0. The van der Waals surface area contributed by atoms with E-state index in [1.165, 1.54) is 18.2 Å². The number of carbonyl (C=O) groups excluding carboxylic acids is 2. The molecular formula is C21H20N4O5. The van der Waals surface area contributed by atoms with Crippen LogP contribution in [0, 0.1) is 16.0 Å². The molecule has 3 heterocycles. The van der Waals surface area contributed by atoms with Crippen LogP contribution in [-0.4, -0.2) is 53.0 Å². The number of amides is 2. The lowest BCUT2D eigenvalue weighted by atomic mass is 9.90. The van der Waals surface area contributed by atoms with Crippen LogP contribution in [0.1, 0.15) is 18.0 Å². The van der Waals surface area contributed by atoms with Gasteiger partial charge >= 0.3 is 0 Å². The summed E-state index contributed by atoms with van der Waals surface area (Å²) < 4.78 is 5.24. The van der Waals surface area contributed by atoms with Gasteiger partial charge in [0, 0.05) is 25.2 Å². The molecule has 30 heavy (non-hydrogen) atoms. The van der Waals surface area contributed by atoms with Gasteiger partial charge in [0.15, 0.2) is 0 Å². The van der Waals surface area contributed by atoms with E-state index in [1.54, 1.807) is 13.2 Å². The van der Waals surface area contributed by atoms with Gasteiger partial charge in [0.2, 0.25) is 5.91 Å². The number of rotatable bonds is 4. The van der Waals surface area contributed by atoms with Gasteiger partial charge in [0.05, 0.1) is 29.7 Å². The number of hydrogen-bond donors (Lipinski definition) is 0. The summed E-state index contributed by atoms with van der Waals surface area (Å²) in [4.78, 5) is 38.6. The molecule has 5 rings (SSSR count). The zero-order valence-corrected chi connectivity index (χ0v) is 16.3. The number of nitrogens with zero attached hydrogens (tertiary/aromatic N) is 4. The number of fused-ring (bicyclic) bond motifs is 3. The van der Waals surface area contributed by atoms with E-state index in [2.05, 4.69) is 5.01 Å². The summed E-state index contributed by atoms with van der Waals surface area (Å²) in [5, 5.41) is 15.3. The second-order valence-corrected chi connectivity index (χ2v) is 7.66. The molecule has 3 aliphatic rings. The highest BCUT2D eigenvalue weighted by Gasteiger charge is 2.62. The highest BCUT2D eigenvalue weighted by atomic mass is 16.6. The number of non-ortho nitro benzene ring substituents is 1. The predicted octanol–water partition coefficient (Wildman–Crippen LogP) is 2.14. The van der Waals surface area contributed by atoms with Gasteiger partial charge in [0.1, 0.15) is 11.8 Å². The van der Waals surface area contributed by atoms with Crippen molar-refractivity contribution in [2.24, 2.45) is 5.92 Å². The second kappa shape index (κ2) is 6.89. The summed E-state index contributed by atoms with van der Waals surface area (Å²) >= 11 is 0. The van der Waals surface area contributed by atoms with Crippen molar-refractivity contribution in [1.29, 1.82) is 0 Å². The van der Waals surface area contributed by atoms with E-state index < -0.39 is 16.9 Å². The summed E-state index contributed by atoms with van der Waals surface area (Å²) in [6.07, 6.45) is 0.911. The van der Waals surface area contributed by atoms with Crippen molar-refractivity contribution in [3.8, 4) is 5.75 Å². The Kier molecular flexibility index (Phi) is 4.30. The Morgan fingerprint density at radius 3 is 2.37 bits per heavy atom. The summed E-state index contributed by atoms with van der Waals surface area (Å²) in [6, 6.07) is 12.4. The highest BCUT2D eigenvalue weighted by molar-refractivity contribution is 6.24. The molecule has 0 bridgehead atoms. The molecule has 3 atom stereocenters. The average Bonchev–Trinajstić information content (AvgIpc) is 3.40. The van der Waals surface area contributed by atoms with Crippen LogP contribution in [0.5, 0.6) is 5.75 Å². The van der Waals surface area contributed by atoms with Crippen LogP contribution in [-0.2, 0) is 9.59 Å². The third-order valence-corrected chi connectivity index (χ3v) is 6.16. The Labute approximate surface area is 172 Å². The minimum atomic E-state index is -0.591. The molecule has 0 radical (unpaired) electrons. The fourth-order valence-electron chi connectivity index (χ4n) is 4.91. The Hall–Kier alpha value is -3.30. The van der Waals surface area contributed by atoms with Gasteiger partial charge in [-0.25, -0.2) is 14.9 Å². The molecular weight excluding hydrogens is 388 g/mol. The van der Waals surface area contributed by atoms with E-state index >= 15 is 0 Å². The Morgan fingerprint density at radius 2 is 1.70 bits per heavy atom. The minimum Gasteiger partial charge on any atom is -0.497 e. The average molecular weight is 408 g/mol. The maximum Gasteiger partial charge on any atom is 0.271 e. The van der Waals surface area contributed by atoms with E-state index in [4.69, 9.17) is 4.74 Å². The smallest absolute Gasteiger partial charge is 0.271 e. The number of carbonyl (C=O) groups is 2. The lowest BCUT2D eigenvalue weighted by molar-refractivity contribution is -0.384. The van der Waals surface area contributed by atoms with Gasteiger partial charge in [-0.15, -0.1) is 0 Å². The van der Waals surface area contributed by atoms with E-state index in [0.29, 0.717) is 6.54 Å². The summed E-state index contributed by atoms with van der Waals surface area (Å²) in [7, 11) is 1.60. The van der Waals surface area contributed by atoms with Crippen LogP contribution in [0.3, 0.4) is 0 Å². The fourth-order valence-corrected chi connectivity index (χ4v) is 4.91. The Balaban J connectivity index is 1.55. The SMILES string of the molecule is COc1ccc(C2C3C(=O)N(c4cccc([N+](=O)[O-])c4)C(=O)C3N3CCCN23)cc1. The van der Waals surface area contributed by atoms with Gasteiger partial charge in [0.25, 0.3) is 11.6 Å². The van der Waals surface area contributed by atoms with Crippen LogP contribution in [0.2, 0.25) is 0 Å². The third-order valence-electron chi connectivity index (χ3n) is 6.16. The number of hydrazine groups is 1. The molecule has 3 unspecified atom stereocenters. The number of nitro groups is 1. The molecule has 0 aliphatic carbocycles. The number of benzene rings is 2. The molecule has 0 N–H and O–H groups in total. The molecule has 2 aromatic carbocycles. The van der Waals surface area contributed by atoms with Crippen LogP contribution in [0.4, 0.5) is 11.4 Å². The standard InChI is InChI=1S/C21H20N4O5/c1-30-16-8-6-13(7-9-16)18-17-19(23-11-3-10-22(18)23)21(27)24(20(17)26)14-4-2-5-15(12-14)25(28)29/h2,4-9,12,17-19H,3,10-11H2,1H3. The first kappa shape index (κ1) is 18.7. The molecule has 154 valence electrons. The molecule has 0 saturated carbocycles. The molecule has 3 fully saturated rings. The number of hydrogen-bond acceptors (Lipinski definition) is 7. The maximum absolute atomic E-state index is 13.5. The number of methoxy groups -OCH3 is 1. The third kappa shape index (κ3) is 2.62. The molecule has 9 heteroatoms. The lowest BCUT2D eigenvalue weighted by Gasteiger charge is -2.29. The van der Waals surface area contributed by atoms with Crippen molar-refractivity contribution in [2.75, 3.05) is 25.1 Å². The fraction of sp³-hybridized carbons (Fsp3) is 0.333. The number of imide groups is 1. The zero-order valence-electron chi connectivity index (χ0n) is 16.3. The summed E-state index contributed by atoms with van der Waals surface area (Å²) in [5.41, 5.74) is 1.03. The molecule has 2 amide bonds. The van der Waals surface area contributed by atoms with Gasteiger partial charge < -0.3 is 4.74 Å². The topological polar surface area (TPSA) is 96.2 Å². The normalized spacial score (nSPS) is 26.2. The molecule has 3 saturated heterocycles. The first-order valence-corrected chi connectivity index (χ1v) is 9.80. The Bertz CT molecular complexity index is 1040. The van der Waals surface area contributed by atoms with Crippen molar-refractivity contribution >= 4 is 23.2 Å². The Morgan fingerprint density at radius 1 is 1.00 bits per heavy atom.